The van der Waals surface area contributed by atoms with E-state index >= 15 is 0 Å². The lowest BCUT2D eigenvalue weighted by Gasteiger charge is -2.06. The molecule has 1 N–H and O–H groups in total. The van der Waals surface area contributed by atoms with Gasteiger partial charge < -0.3 is 5.32 Å². The maximum atomic E-state index is 4.36. The minimum atomic E-state index is 0.779. The number of pyridine rings is 1. The summed E-state index contributed by atoms with van der Waals surface area (Å²) in [6.07, 6.45) is 3.65. The van der Waals surface area contributed by atoms with Crippen molar-refractivity contribution in [3.63, 3.8) is 0 Å². The Morgan fingerprint density at radius 2 is 2.19 bits per heavy atom. The summed E-state index contributed by atoms with van der Waals surface area (Å²) in [6, 6.07) is 4.00. The molecule has 0 aromatic carbocycles. The Balaban J connectivity index is 2.11. The molecule has 0 amide bonds. The van der Waals surface area contributed by atoms with Gasteiger partial charge in [-0.2, -0.15) is 5.10 Å². The van der Waals surface area contributed by atoms with Crippen molar-refractivity contribution in [1.29, 1.82) is 0 Å². The summed E-state index contributed by atoms with van der Waals surface area (Å²) in [6.45, 7) is 4.85. The van der Waals surface area contributed by atoms with Crippen LogP contribution in [0, 0.1) is 13.8 Å². The number of nitrogens with zero attached hydrogens (tertiary/aromatic N) is 3. The van der Waals surface area contributed by atoms with Gasteiger partial charge in [0.1, 0.15) is 0 Å². The maximum absolute atomic E-state index is 4.36. The van der Waals surface area contributed by atoms with Crippen LogP contribution < -0.4 is 5.32 Å². The SMILES string of the molecule is Cc1nn(C)c(C)c1NCc1cccnc1. The minimum Gasteiger partial charge on any atom is -0.378 e. The smallest absolute Gasteiger partial charge is 0.0827 e. The van der Waals surface area contributed by atoms with Crippen molar-refractivity contribution in [2.75, 3.05) is 5.32 Å². The van der Waals surface area contributed by atoms with Crippen LogP contribution in [0.25, 0.3) is 0 Å². The predicted octanol–water partition coefficient (Wildman–Crippen LogP) is 2.04. The molecule has 0 radical (unpaired) electrons. The fourth-order valence-electron chi connectivity index (χ4n) is 1.72. The van der Waals surface area contributed by atoms with Gasteiger partial charge in [-0.15, -0.1) is 0 Å². The van der Waals surface area contributed by atoms with Crippen LogP contribution >= 0.6 is 0 Å². The molecule has 0 bridgehead atoms. The van der Waals surface area contributed by atoms with Crippen molar-refractivity contribution in [3.05, 3.63) is 41.5 Å². The first-order valence-electron chi connectivity index (χ1n) is 5.31. The Kier molecular flexibility index (Phi) is 2.90. The summed E-state index contributed by atoms with van der Waals surface area (Å²) in [5.74, 6) is 0. The second-order valence-electron chi connectivity index (χ2n) is 3.88. The number of rotatable bonds is 3. The highest BCUT2D eigenvalue weighted by Crippen LogP contribution is 2.18. The van der Waals surface area contributed by atoms with E-state index in [0.717, 1.165) is 23.6 Å². The highest BCUT2D eigenvalue weighted by atomic mass is 15.3. The zero-order valence-corrected chi connectivity index (χ0v) is 9.86. The van der Waals surface area contributed by atoms with Crippen LogP contribution in [0.2, 0.25) is 0 Å². The second-order valence-corrected chi connectivity index (χ2v) is 3.88. The van der Waals surface area contributed by atoms with Crippen LogP contribution in [0.5, 0.6) is 0 Å². The molecule has 0 fully saturated rings. The highest BCUT2D eigenvalue weighted by molar-refractivity contribution is 5.52. The number of hydrogen-bond donors (Lipinski definition) is 1. The quantitative estimate of drug-likeness (QED) is 0.853. The molecule has 4 heteroatoms. The lowest BCUT2D eigenvalue weighted by molar-refractivity contribution is 0.731. The van der Waals surface area contributed by atoms with Gasteiger partial charge in [0.25, 0.3) is 0 Å². The summed E-state index contributed by atoms with van der Waals surface area (Å²) < 4.78 is 1.89. The van der Waals surface area contributed by atoms with Crippen molar-refractivity contribution in [1.82, 2.24) is 14.8 Å². The fourth-order valence-corrected chi connectivity index (χ4v) is 1.72. The summed E-state index contributed by atoms with van der Waals surface area (Å²) in [5.41, 5.74) is 4.47. The van der Waals surface area contributed by atoms with Gasteiger partial charge in [-0.25, -0.2) is 0 Å². The molecule has 0 saturated heterocycles. The Labute approximate surface area is 95.3 Å². The molecule has 2 rings (SSSR count). The molecule has 0 atom stereocenters. The van der Waals surface area contributed by atoms with E-state index in [4.69, 9.17) is 0 Å². The summed E-state index contributed by atoms with van der Waals surface area (Å²) >= 11 is 0. The van der Waals surface area contributed by atoms with Crippen LogP contribution in [0.3, 0.4) is 0 Å². The van der Waals surface area contributed by atoms with Crippen LogP contribution in [0.15, 0.2) is 24.5 Å². The Bertz CT molecular complexity index is 473. The van der Waals surface area contributed by atoms with Gasteiger partial charge in [-0.05, 0) is 25.5 Å². The first-order valence-corrected chi connectivity index (χ1v) is 5.31. The first-order chi connectivity index (χ1) is 7.68. The van der Waals surface area contributed by atoms with Crippen LogP contribution in [-0.4, -0.2) is 14.8 Å². The van der Waals surface area contributed by atoms with Crippen molar-refractivity contribution in [3.8, 4) is 0 Å². The van der Waals surface area contributed by atoms with Crippen molar-refractivity contribution in [2.24, 2.45) is 7.05 Å². The van der Waals surface area contributed by atoms with Crippen LogP contribution in [-0.2, 0) is 13.6 Å². The molecule has 0 spiro atoms. The molecule has 2 aromatic rings. The Morgan fingerprint density at radius 1 is 1.38 bits per heavy atom. The number of nitrogens with one attached hydrogen (secondary N) is 1. The number of aromatic nitrogens is 3. The van der Waals surface area contributed by atoms with Crippen molar-refractivity contribution >= 4 is 5.69 Å². The van der Waals surface area contributed by atoms with Crippen molar-refractivity contribution in [2.45, 2.75) is 20.4 Å². The molecular weight excluding hydrogens is 200 g/mol. The number of anilines is 1. The van der Waals surface area contributed by atoms with Crippen LogP contribution in [0.1, 0.15) is 17.0 Å². The first kappa shape index (κ1) is 10.7. The van der Waals surface area contributed by atoms with E-state index in [1.165, 1.54) is 5.56 Å². The van der Waals surface area contributed by atoms with Gasteiger partial charge in [0.05, 0.1) is 17.1 Å². The van der Waals surface area contributed by atoms with E-state index in [1.54, 1.807) is 6.20 Å². The zero-order chi connectivity index (χ0) is 11.5. The largest absolute Gasteiger partial charge is 0.378 e. The molecule has 0 aliphatic heterocycles. The highest BCUT2D eigenvalue weighted by Gasteiger charge is 2.08. The number of hydrogen-bond acceptors (Lipinski definition) is 3. The standard InChI is InChI=1S/C12H16N4/c1-9-12(10(2)16(3)15-9)14-8-11-5-4-6-13-7-11/h4-7,14H,8H2,1-3H3. The fraction of sp³-hybridized carbons (Fsp3) is 0.333. The lowest BCUT2D eigenvalue weighted by atomic mass is 10.2. The topological polar surface area (TPSA) is 42.7 Å². The second kappa shape index (κ2) is 4.35. The van der Waals surface area contributed by atoms with E-state index in [0.29, 0.717) is 0 Å². The zero-order valence-electron chi connectivity index (χ0n) is 9.86. The molecule has 0 unspecified atom stereocenters. The third-order valence-corrected chi connectivity index (χ3v) is 2.70. The monoisotopic (exact) mass is 216 g/mol. The number of aryl methyl sites for hydroxylation is 2. The average Bonchev–Trinajstić information content (AvgIpc) is 2.53. The molecule has 2 heterocycles. The summed E-state index contributed by atoms with van der Waals surface area (Å²) in [5, 5.41) is 7.76. The minimum absolute atomic E-state index is 0.779. The molecule has 0 aliphatic rings. The van der Waals surface area contributed by atoms with E-state index in [9.17, 15) is 0 Å². The Hall–Kier alpha value is -1.84. The van der Waals surface area contributed by atoms with Gasteiger partial charge in [0.2, 0.25) is 0 Å². The average molecular weight is 216 g/mol. The summed E-state index contributed by atoms with van der Waals surface area (Å²) in [7, 11) is 1.96. The van der Waals surface area contributed by atoms with Gasteiger partial charge in [-0.1, -0.05) is 6.07 Å². The van der Waals surface area contributed by atoms with Gasteiger partial charge in [0.15, 0.2) is 0 Å². The third kappa shape index (κ3) is 2.05. The van der Waals surface area contributed by atoms with Crippen molar-refractivity contribution < 1.29 is 0 Å². The van der Waals surface area contributed by atoms with E-state index < -0.39 is 0 Å². The molecule has 84 valence electrons. The lowest BCUT2D eigenvalue weighted by Crippen LogP contribution is -2.02. The molecule has 2 aromatic heterocycles. The third-order valence-electron chi connectivity index (χ3n) is 2.70. The normalized spacial score (nSPS) is 10.4. The Morgan fingerprint density at radius 3 is 2.75 bits per heavy atom. The molecular formula is C12H16N4. The van der Waals surface area contributed by atoms with E-state index in [2.05, 4.69) is 28.4 Å². The molecule has 0 saturated carbocycles. The molecule has 16 heavy (non-hydrogen) atoms. The van der Waals surface area contributed by atoms with E-state index in [-0.39, 0.29) is 0 Å². The van der Waals surface area contributed by atoms with E-state index in [1.807, 2.05) is 30.9 Å². The van der Waals surface area contributed by atoms with Crippen LogP contribution in [0.4, 0.5) is 5.69 Å². The summed E-state index contributed by atoms with van der Waals surface area (Å²) in [4.78, 5) is 4.09. The molecule has 0 aliphatic carbocycles. The predicted molar refractivity (Wildman–Crippen MR) is 64.2 cm³/mol. The maximum Gasteiger partial charge on any atom is 0.0827 e. The van der Waals surface area contributed by atoms with Gasteiger partial charge in [-0.3, -0.25) is 9.67 Å². The molecule has 4 nitrogen and oxygen atoms in total. The van der Waals surface area contributed by atoms with Gasteiger partial charge in [0, 0.05) is 26.0 Å². The van der Waals surface area contributed by atoms with Gasteiger partial charge >= 0.3 is 0 Å².